The van der Waals surface area contributed by atoms with E-state index in [0.29, 0.717) is 5.69 Å². The van der Waals surface area contributed by atoms with Crippen LogP contribution in [-0.2, 0) is 4.79 Å². The van der Waals surface area contributed by atoms with Gasteiger partial charge in [-0.05, 0) is 53.2 Å². The first-order valence-corrected chi connectivity index (χ1v) is 10.0. The third-order valence-corrected chi connectivity index (χ3v) is 5.23. The van der Waals surface area contributed by atoms with E-state index in [9.17, 15) is 9.59 Å². The van der Waals surface area contributed by atoms with Crippen molar-refractivity contribution in [3.05, 3.63) is 90.9 Å². The number of thioether (sulfide) groups is 1. The van der Waals surface area contributed by atoms with Crippen molar-refractivity contribution in [3.8, 4) is 0 Å². The Morgan fingerprint density at radius 2 is 1.62 bits per heavy atom. The Kier molecular flexibility index (Phi) is 5.63. The van der Waals surface area contributed by atoms with E-state index in [1.165, 1.54) is 18.0 Å². The zero-order valence-corrected chi connectivity index (χ0v) is 16.2. The molecule has 0 radical (unpaired) electrons. The first-order chi connectivity index (χ1) is 14.2. The number of carbonyl (C=O) groups excluding carboxylic acids is 2. The van der Waals surface area contributed by atoms with Crippen LogP contribution in [0.4, 0.5) is 11.4 Å². The van der Waals surface area contributed by atoms with Crippen molar-refractivity contribution in [1.29, 1.82) is 0 Å². The minimum absolute atomic E-state index is 0.0877. The second-order valence-corrected chi connectivity index (χ2v) is 7.41. The molecule has 3 aromatic carbocycles. The Bertz CT molecular complexity index is 1160. The summed E-state index contributed by atoms with van der Waals surface area (Å²) in [6, 6.07) is 24.5. The highest BCUT2D eigenvalue weighted by Gasteiger charge is 2.10. The molecule has 4 rings (SSSR count). The van der Waals surface area contributed by atoms with Crippen LogP contribution in [0.25, 0.3) is 10.8 Å². The molecule has 144 valence electrons. The van der Waals surface area contributed by atoms with Gasteiger partial charge in [-0.15, -0.1) is 11.8 Å². The highest BCUT2D eigenvalue weighted by atomic mass is 32.2. The molecule has 0 unspecified atom stereocenters. The van der Waals surface area contributed by atoms with Crippen LogP contribution in [0, 0.1) is 0 Å². The average Bonchev–Trinajstić information content (AvgIpc) is 3.28. The van der Waals surface area contributed by atoms with Crippen LogP contribution in [0.1, 0.15) is 10.6 Å². The maximum absolute atomic E-state index is 12.3. The second-order valence-electron chi connectivity index (χ2n) is 6.36. The predicted molar refractivity (Wildman–Crippen MR) is 116 cm³/mol. The molecule has 1 heterocycles. The lowest BCUT2D eigenvalue weighted by atomic mass is 10.1. The monoisotopic (exact) mass is 402 g/mol. The fourth-order valence-electron chi connectivity index (χ4n) is 2.88. The number of hydrogen-bond donors (Lipinski definition) is 2. The Hall–Kier alpha value is -3.51. The van der Waals surface area contributed by atoms with E-state index in [4.69, 9.17) is 4.42 Å². The first-order valence-electron chi connectivity index (χ1n) is 9.04. The first kappa shape index (κ1) is 18.8. The molecule has 6 heteroatoms. The summed E-state index contributed by atoms with van der Waals surface area (Å²) in [7, 11) is 0. The van der Waals surface area contributed by atoms with Crippen molar-refractivity contribution in [3.63, 3.8) is 0 Å². The van der Waals surface area contributed by atoms with Gasteiger partial charge in [0.25, 0.3) is 5.91 Å². The molecule has 0 spiro atoms. The van der Waals surface area contributed by atoms with E-state index in [-0.39, 0.29) is 23.3 Å². The third-order valence-electron chi connectivity index (χ3n) is 4.24. The average molecular weight is 402 g/mol. The zero-order chi connectivity index (χ0) is 20.1. The zero-order valence-electron chi connectivity index (χ0n) is 15.4. The van der Waals surface area contributed by atoms with Crippen LogP contribution in [0.3, 0.4) is 0 Å². The van der Waals surface area contributed by atoms with Gasteiger partial charge in [-0.25, -0.2) is 0 Å². The molecule has 0 aliphatic carbocycles. The van der Waals surface area contributed by atoms with Crippen molar-refractivity contribution < 1.29 is 14.0 Å². The van der Waals surface area contributed by atoms with E-state index in [1.807, 2.05) is 60.7 Å². The number of hydrogen-bond acceptors (Lipinski definition) is 4. The smallest absolute Gasteiger partial charge is 0.291 e. The Morgan fingerprint density at radius 1 is 0.793 bits per heavy atom. The number of fused-ring (bicyclic) bond motifs is 1. The van der Waals surface area contributed by atoms with E-state index in [2.05, 4.69) is 10.6 Å². The lowest BCUT2D eigenvalue weighted by molar-refractivity contribution is -0.113. The second kappa shape index (κ2) is 8.67. The van der Waals surface area contributed by atoms with Crippen LogP contribution in [0.5, 0.6) is 0 Å². The van der Waals surface area contributed by atoms with Gasteiger partial charge in [-0.1, -0.05) is 36.4 Å². The number of benzene rings is 3. The molecule has 5 nitrogen and oxygen atoms in total. The van der Waals surface area contributed by atoms with Gasteiger partial charge in [0.2, 0.25) is 5.91 Å². The van der Waals surface area contributed by atoms with E-state index < -0.39 is 0 Å². The SMILES string of the molecule is O=C(CSc1cccc(NC(=O)c2ccco2)c1)Nc1ccc2ccccc2c1. The lowest BCUT2D eigenvalue weighted by Gasteiger charge is -2.08. The molecular formula is C23H18N2O3S. The van der Waals surface area contributed by atoms with Gasteiger partial charge in [-0.3, -0.25) is 9.59 Å². The molecule has 0 aliphatic heterocycles. The topological polar surface area (TPSA) is 71.3 Å². The molecule has 0 aliphatic rings. The summed E-state index contributed by atoms with van der Waals surface area (Å²) in [5.74, 6) is 0.113. The van der Waals surface area contributed by atoms with Crippen molar-refractivity contribution in [2.45, 2.75) is 4.90 Å². The largest absolute Gasteiger partial charge is 0.459 e. The molecule has 0 fully saturated rings. The number of amides is 2. The highest BCUT2D eigenvalue weighted by Crippen LogP contribution is 2.23. The molecule has 0 saturated heterocycles. The minimum Gasteiger partial charge on any atom is -0.459 e. The van der Waals surface area contributed by atoms with Crippen molar-refractivity contribution in [1.82, 2.24) is 0 Å². The minimum atomic E-state index is -0.314. The summed E-state index contributed by atoms with van der Waals surface area (Å²) in [5, 5.41) is 7.92. The van der Waals surface area contributed by atoms with Crippen LogP contribution in [0.2, 0.25) is 0 Å². The summed E-state index contributed by atoms with van der Waals surface area (Å²) >= 11 is 1.40. The van der Waals surface area contributed by atoms with Gasteiger partial charge < -0.3 is 15.1 Å². The highest BCUT2D eigenvalue weighted by molar-refractivity contribution is 8.00. The Balaban J connectivity index is 1.34. The summed E-state index contributed by atoms with van der Waals surface area (Å²) in [4.78, 5) is 25.3. The molecule has 4 aromatic rings. The lowest BCUT2D eigenvalue weighted by Crippen LogP contribution is -2.14. The van der Waals surface area contributed by atoms with Gasteiger partial charge in [-0.2, -0.15) is 0 Å². The molecule has 0 saturated carbocycles. The van der Waals surface area contributed by atoms with Gasteiger partial charge in [0.05, 0.1) is 12.0 Å². The fourth-order valence-corrected chi connectivity index (χ4v) is 3.63. The van der Waals surface area contributed by atoms with Crippen molar-refractivity contribution in [2.75, 3.05) is 16.4 Å². The maximum atomic E-state index is 12.3. The predicted octanol–water partition coefficient (Wildman–Crippen LogP) is 5.42. The molecule has 0 atom stereocenters. The Labute approximate surface area is 172 Å². The van der Waals surface area contributed by atoms with Crippen LogP contribution in [0.15, 0.2) is 94.4 Å². The van der Waals surface area contributed by atoms with E-state index in [1.54, 1.807) is 18.2 Å². The van der Waals surface area contributed by atoms with E-state index in [0.717, 1.165) is 21.4 Å². The molecule has 2 N–H and O–H groups in total. The van der Waals surface area contributed by atoms with Crippen molar-refractivity contribution >= 4 is 45.7 Å². The number of rotatable bonds is 6. The molecule has 1 aromatic heterocycles. The summed E-state index contributed by atoms with van der Waals surface area (Å²) < 4.78 is 5.09. The fraction of sp³-hybridized carbons (Fsp3) is 0.0435. The normalized spacial score (nSPS) is 10.6. The molecule has 2 amide bonds. The molecule has 29 heavy (non-hydrogen) atoms. The third kappa shape index (κ3) is 4.86. The van der Waals surface area contributed by atoms with Crippen LogP contribution in [-0.4, -0.2) is 17.6 Å². The van der Waals surface area contributed by atoms with Crippen LogP contribution >= 0.6 is 11.8 Å². The number of anilines is 2. The van der Waals surface area contributed by atoms with Gasteiger partial charge >= 0.3 is 0 Å². The van der Waals surface area contributed by atoms with Gasteiger partial charge in [0.1, 0.15) is 0 Å². The van der Waals surface area contributed by atoms with Gasteiger partial charge in [0, 0.05) is 16.3 Å². The van der Waals surface area contributed by atoms with E-state index >= 15 is 0 Å². The standard InChI is InChI=1S/C23H18N2O3S/c26-22(24-19-11-10-16-5-1-2-6-17(16)13-19)15-29-20-8-3-7-18(14-20)25-23(27)21-9-4-12-28-21/h1-14H,15H2,(H,24,26)(H,25,27). The number of furan rings is 1. The quantitative estimate of drug-likeness (QED) is 0.423. The molecule has 0 bridgehead atoms. The summed E-state index contributed by atoms with van der Waals surface area (Å²) in [6.07, 6.45) is 1.45. The van der Waals surface area contributed by atoms with Crippen molar-refractivity contribution in [2.24, 2.45) is 0 Å². The number of nitrogens with one attached hydrogen (secondary N) is 2. The summed E-state index contributed by atoms with van der Waals surface area (Å²) in [6.45, 7) is 0. The van der Waals surface area contributed by atoms with Crippen LogP contribution < -0.4 is 10.6 Å². The van der Waals surface area contributed by atoms with Gasteiger partial charge in [0.15, 0.2) is 5.76 Å². The molecular weight excluding hydrogens is 384 g/mol. The number of carbonyl (C=O) groups is 2. The Morgan fingerprint density at radius 3 is 2.45 bits per heavy atom. The maximum Gasteiger partial charge on any atom is 0.291 e. The summed E-state index contributed by atoms with van der Waals surface area (Å²) in [5.41, 5.74) is 1.42.